The first-order valence-electron chi connectivity index (χ1n) is 8.90. The lowest BCUT2D eigenvalue weighted by Gasteiger charge is -2.23. The first-order chi connectivity index (χ1) is 11.7. The van der Waals surface area contributed by atoms with Crippen LogP contribution in [0, 0.1) is 17.2 Å². The third-order valence-electron chi connectivity index (χ3n) is 4.98. The molecule has 1 saturated heterocycles. The van der Waals surface area contributed by atoms with Gasteiger partial charge < -0.3 is 4.90 Å². The average molecular weight is 323 g/mol. The van der Waals surface area contributed by atoms with Crippen LogP contribution < -0.4 is 0 Å². The second kappa shape index (κ2) is 8.12. The highest BCUT2D eigenvalue weighted by Gasteiger charge is 2.22. The van der Waals surface area contributed by atoms with Crippen LogP contribution in [0.15, 0.2) is 36.4 Å². The van der Waals surface area contributed by atoms with E-state index in [1.165, 1.54) is 5.56 Å². The third-order valence-corrected chi connectivity index (χ3v) is 4.98. The number of carbonyl (C=O) groups excluding carboxylic acids is 1. The fourth-order valence-electron chi connectivity index (χ4n) is 3.54. The lowest BCUT2D eigenvalue weighted by Crippen LogP contribution is -2.35. The zero-order valence-corrected chi connectivity index (χ0v) is 14.2. The Morgan fingerprint density at radius 3 is 2.71 bits per heavy atom. The summed E-state index contributed by atoms with van der Waals surface area (Å²) in [5, 5.41) is 8.87. The quantitative estimate of drug-likeness (QED) is 0.800. The standard InChI is InChI=1S/C20H25N3O/c21-15-18-6-8-19(9-7-18)16-22-10-3-11-23(13-12-22)20(24)14-17-4-1-2-5-17/h1,4,6-9,17H,2-3,5,10-14,16H2/t17-/m1/s1. The smallest absolute Gasteiger partial charge is 0.223 e. The van der Waals surface area contributed by atoms with E-state index in [-0.39, 0.29) is 0 Å². The van der Waals surface area contributed by atoms with Gasteiger partial charge in [0.15, 0.2) is 0 Å². The summed E-state index contributed by atoms with van der Waals surface area (Å²) in [4.78, 5) is 16.9. The van der Waals surface area contributed by atoms with Crippen molar-refractivity contribution in [2.75, 3.05) is 26.2 Å². The van der Waals surface area contributed by atoms with Gasteiger partial charge in [-0.25, -0.2) is 0 Å². The van der Waals surface area contributed by atoms with Gasteiger partial charge in [-0.05, 0) is 42.9 Å². The van der Waals surface area contributed by atoms with E-state index in [2.05, 4.69) is 23.1 Å². The SMILES string of the molecule is N#Cc1ccc(CN2CCCN(C(=O)C[C@@H]3C=CCC3)CC2)cc1. The molecule has 4 nitrogen and oxygen atoms in total. The first-order valence-corrected chi connectivity index (χ1v) is 8.90. The molecule has 126 valence electrons. The maximum Gasteiger partial charge on any atom is 0.223 e. The predicted octanol–water partition coefficient (Wildman–Crippen LogP) is 2.95. The van der Waals surface area contributed by atoms with E-state index in [1.54, 1.807) is 0 Å². The molecule has 1 aromatic rings. The molecule has 4 heteroatoms. The van der Waals surface area contributed by atoms with E-state index in [0.29, 0.717) is 23.8 Å². The zero-order chi connectivity index (χ0) is 16.8. The van der Waals surface area contributed by atoms with E-state index in [9.17, 15) is 4.79 Å². The highest BCUT2D eigenvalue weighted by atomic mass is 16.2. The minimum absolute atomic E-state index is 0.312. The van der Waals surface area contributed by atoms with Crippen molar-refractivity contribution in [1.82, 2.24) is 9.80 Å². The molecule has 0 radical (unpaired) electrons. The monoisotopic (exact) mass is 323 g/mol. The Morgan fingerprint density at radius 2 is 2.00 bits per heavy atom. The zero-order valence-electron chi connectivity index (χ0n) is 14.2. The summed E-state index contributed by atoms with van der Waals surface area (Å²) in [6.07, 6.45) is 8.35. The number of hydrogen-bond donors (Lipinski definition) is 0. The molecule has 0 saturated carbocycles. The molecule has 1 aromatic carbocycles. The van der Waals surface area contributed by atoms with Crippen molar-refractivity contribution < 1.29 is 4.79 Å². The molecule has 1 amide bonds. The molecule has 0 N–H and O–H groups in total. The Hall–Kier alpha value is -2.12. The second-order valence-electron chi connectivity index (χ2n) is 6.79. The second-order valence-corrected chi connectivity index (χ2v) is 6.79. The summed E-state index contributed by atoms with van der Waals surface area (Å²) in [5.74, 6) is 0.766. The number of carbonyl (C=O) groups is 1. The topological polar surface area (TPSA) is 47.3 Å². The highest BCUT2D eigenvalue weighted by molar-refractivity contribution is 5.76. The van der Waals surface area contributed by atoms with E-state index in [0.717, 1.165) is 52.0 Å². The van der Waals surface area contributed by atoms with Gasteiger partial charge in [0.1, 0.15) is 0 Å². The van der Waals surface area contributed by atoms with E-state index in [1.807, 2.05) is 29.2 Å². The fourth-order valence-corrected chi connectivity index (χ4v) is 3.54. The lowest BCUT2D eigenvalue weighted by molar-refractivity contribution is -0.131. The maximum absolute atomic E-state index is 12.5. The number of hydrogen-bond acceptors (Lipinski definition) is 3. The average Bonchev–Trinajstić information content (AvgIpc) is 3.00. The van der Waals surface area contributed by atoms with Crippen molar-refractivity contribution in [3.05, 3.63) is 47.5 Å². The summed E-state index contributed by atoms with van der Waals surface area (Å²) in [6.45, 7) is 4.53. The number of allylic oxidation sites excluding steroid dienone is 2. The van der Waals surface area contributed by atoms with Gasteiger partial charge in [0, 0.05) is 39.1 Å². The Balaban J connectivity index is 1.49. The van der Waals surface area contributed by atoms with E-state index in [4.69, 9.17) is 5.26 Å². The summed E-state index contributed by atoms with van der Waals surface area (Å²) in [5.41, 5.74) is 1.93. The molecule has 0 aromatic heterocycles. The lowest BCUT2D eigenvalue weighted by atomic mass is 10.0. The van der Waals surface area contributed by atoms with E-state index >= 15 is 0 Å². The van der Waals surface area contributed by atoms with Gasteiger partial charge in [-0.1, -0.05) is 24.3 Å². The summed E-state index contributed by atoms with van der Waals surface area (Å²) < 4.78 is 0. The van der Waals surface area contributed by atoms with Crippen molar-refractivity contribution in [1.29, 1.82) is 5.26 Å². The molecule has 2 aliphatic rings. The molecule has 1 aliphatic carbocycles. The van der Waals surface area contributed by atoms with Gasteiger partial charge in [-0.3, -0.25) is 9.69 Å². The van der Waals surface area contributed by atoms with Crippen molar-refractivity contribution in [3.63, 3.8) is 0 Å². The van der Waals surface area contributed by atoms with Crippen LogP contribution in [0.25, 0.3) is 0 Å². The molecule has 0 spiro atoms. The number of nitrogens with zero attached hydrogens (tertiary/aromatic N) is 3. The number of rotatable bonds is 4. The molecule has 0 unspecified atom stereocenters. The molecule has 1 fully saturated rings. The Bertz CT molecular complexity index is 629. The van der Waals surface area contributed by atoms with Crippen LogP contribution in [0.3, 0.4) is 0 Å². The van der Waals surface area contributed by atoms with Crippen LogP contribution in [0.2, 0.25) is 0 Å². The van der Waals surface area contributed by atoms with Crippen molar-refractivity contribution >= 4 is 5.91 Å². The predicted molar refractivity (Wildman–Crippen MR) is 94.1 cm³/mol. The Kier molecular flexibility index (Phi) is 5.66. The van der Waals surface area contributed by atoms with Crippen molar-refractivity contribution in [2.45, 2.75) is 32.2 Å². The number of amides is 1. The van der Waals surface area contributed by atoms with Crippen molar-refractivity contribution in [2.24, 2.45) is 5.92 Å². The minimum Gasteiger partial charge on any atom is -0.341 e. The number of benzene rings is 1. The highest BCUT2D eigenvalue weighted by Crippen LogP contribution is 2.21. The van der Waals surface area contributed by atoms with Crippen molar-refractivity contribution in [3.8, 4) is 6.07 Å². The van der Waals surface area contributed by atoms with Crippen LogP contribution in [0.5, 0.6) is 0 Å². The van der Waals surface area contributed by atoms with Crippen LogP contribution in [0.1, 0.15) is 36.8 Å². The van der Waals surface area contributed by atoms with E-state index < -0.39 is 0 Å². The van der Waals surface area contributed by atoms with Gasteiger partial charge in [0.05, 0.1) is 11.6 Å². The molecule has 0 bridgehead atoms. The molecular formula is C20H25N3O. The number of nitriles is 1. The van der Waals surface area contributed by atoms with Gasteiger partial charge in [0.2, 0.25) is 5.91 Å². The minimum atomic E-state index is 0.312. The summed E-state index contributed by atoms with van der Waals surface area (Å²) in [6, 6.07) is 9.95. The molecule has 24 heavy (non-hydrogen) atoms. The van der Waals surface area contributed by atoms with Gasteiger partial charge in [0.25, 0.3) is 0 Å². The van der Waals surface area contributed by atoms with Gasteiger partial charge >= 0.3 is 0 Å². The molecular weight excluding hydrogens is 298 g/mol. The maximum atomic E-state index is 12.5. The molecule has 1 atom stereocenters. The molecule has 3 rings (SSSR count). The summed E-state index contributed by atoms with van der Waals surface area (Å²) in [7, 11) is 0. The normalized spacial score (nSPS) is 21.5. The Morgan fingerprint density at radius 1 is 1.17 bits per heavy atom. The van der Waals surface area contributed by atoms with Crippen LogP contribution in [-0.4, -0.2) is 41.9 Å². The van der Waals surface area contributed by atoms with Crippen LogP contribution >= 0.6 is 0 Å². The largest absolute Gasteiger partial charge is 0.341 e. The Labute approximate surface area is 144 Å². The fraction of sp³-hybridized carbons (Fsp3) is 0.500. The molecule has 1 heterocycles. The third kappa shape index (κ3) is 4.46. The van der Waals surface area contributed by atoms with Gasteiger partial charge in [-0.2, -0.15) is 5.26 Å². The summed E-state index contributed by atoms with van der Waals surface area (Å²) >= 11 is 0. The first kappa shape index (κ1) is 16.7. The van der Waals surface area contributed by atoms with Crippen LogP contribution in [-0.2, 0) is 11.3 Å². The van der Waals surface area contributed by atoms with Crippen LogP contribution in [0.4, 0.5) is 0 Å². The molecule has 1 aliphatic heterocycles. The van der Waals surface area contributed by atoms with Gasteiger partial charge in [-0.15, -0.1) is 0 Å².